The fourth-order valence-electron chi connectivity index (χ4n) is 0.860. The molecule has 0 saturated heterocycles. The second kappa shape index (κ2) is 4.76. The highest BCUT2D eigenvalue weighted by atomic mass is 79.9. The minimum atomic E-state index is -0.674. The van der Waals surface area contributed by atoms with Crippen molar-refractivity contribution in [3.63, 3.8) is 0 Å². The zero-order chi connectivity index (χ0) is 10.6. The van der Waals surface area contributed by atoms with Gasteiger partial charge in [-0.3, -0.25) is 0 Å². The minimum absolute atomic E-state index is 0.674. The van der Waals surface area contributed by atoms with Crippen LogP contribution >= 0.6 is 15.9 Å². The number of nitrogens with zero attached hydrogens (tertiary/aromatic N) is 1. The van der Waals surface area contributed by atoms with Gasteiger partial charge in [0.1, 0.15) is 0 Å². The minimum Gasteiger partial charge on any atom is -0.350 e. The Morgan fingerprint density at radius 1 is 1.64 bits per heavy atom. The first-order chi connectivity index (χ1) is 6.59. The van der Waals surface area contributed by atoms with Crippen LogP contribution in [0.4, 0.5) is 4.79 Å². The van der Waals surface area contributed by atoms with Crippen molar-refractivity contribution >= 4 is 28.2 Å². The highest BCUT2D eigenvalue weighted by molar-refractivity contribution is 9.10. The van der Waals surface area contributed by atoms with Gasteiger partial charge in [0.05, 0.1) is 6.21 Å². The largest absolute Gasteiger partial charge is 0.350 e. The molecule has 14 heavy (non-hydrogen) atoms. The first-order valence-corrected chi connectivity index (χ1v) is 4.73. The van der Waals surface area contributed by atoms with Crippen LogP contribution in [0.25, 0.3) is 0 Å². The SMILES string of the molecule is Cc1ccc(/C=N/NC(N)=O)cc1Br. The topological polar surface area (TPSA) is 67.5 Å². The van der Waals surface area contributed by atoms with E-state index < -0.39 is 6.03 Å². The van der Waals surface area contributed by atoms with Crippen LogP contribution < -0.4 is 11.2 Å². The summed E-state index contributed by atoms with van der Waals surface area (Å²) in [6, 6.07) is 5.08. The molecule has 0 saturated carbocycles. The molecular weight excluding hydrogens is 246 g/mol. The van der Waals surface area contributed by atoms with Gasteiger partial charge in [0, 0.05) is 4.47 Å². The second-order valence-electron chi connectivity index (χ2n) is 2.74. The molecule has 0 atom stereocenters. The van der Waals surface area contributed by atoms with Crippen molar-refractivity contribution in [2.45, 2.75) is 6.92 Å². The zero-order valence-electron chi connectivity index (χ0n) is 7.62. The Hall–Kier alpha value is -1.36. The molecule has 0 spiro atoms. The molecule has 0 heterocycles. The third kappa shape index (κ3) is 3.18. The molecule has 0 radical (unpaired) electrons. The van der Waals surface area contributed by atoms with Gasteiger partial charge in [-0.05, 0) is 24.1 Å². The second-order valence-corrected chi connectivity index (χ2v) is 3.60. The molecule has 0 aliphatic rings. The Kier molecular flexibility index (Phi) is 3.64. The summed E-state index contributed by atoms with van der Waals surface area (Å²) in [4.78, 5) is 10.3. The molecule has 2 amide bonds. The van der Waals surface area contributed by atoms with Crippen LogP contribution in [0.2, 0.25) is 0 Å². The third-order valence-corrected chi connectivity index (χ3v) is 2.44. The van der Waals surface area contributed by atoms with Crippen LogP contribution in [0.1, 0.15) is 11.1 Å². The Morgan fingerprint density at radius 3 is 2.93 bits per heavy atom. The predicted molar refractivity (Wildman–Crippen MR) is 59.2 cm³/mol. The lowest BCUT2D eigenvalue weighted by atomic mass is 10.2. The van der Waals surface area contributed by atoms with Gasteiger partial charge in [0.2, 0.25) is 0 Å². The van der Waals surface area contributed by atoms with Crippen LogP contribution in [-0.2, 0) is 0 Å². The molecule has 0 aliphatic carbocycles. The maximum absolute atomic E-state index is 10.3. The molecule has 0 bridgehead atoms. The number of primary amides is 1. The number of hydrogen-bond acceptors (Lipinski definition) is 2. The fraction of sp³-hybridized carbons (Fsp3) is 0.111. The van der Waals surface area contributed by atoms with Gasteiger partial charge in [0.15, 0.2) is 0 Å². The molecular formula is C9H10BrN3O. The Bertz CT molecular complexity index is 376. The summed E-state index contributed by atoms with van der Waals surface area (Å²) in [5, 5.41) is 3.64. The standard InChI is InChI=1S/C9H10BrN3O/c1-6-2-3-7(4-8(6)10)5-12-13-9(11)14/h2-5H,1H3,(H3,11,13,14)/b12-5+. The van der Waals surface area contributed by atoms with Gasteiger partial charge < -0.3 is 5.73 Å². The number of halogens is 1. The van der Waals surface area contributed by atoms with E-state index in [1.165, 1.54) is 6.21 Å². The number of urea groups is 1. The number of benzene rings is 1. The lowest BCUT2D eigenvalue weighted by Gasteiger charge is -1.98. The van der Waals surface area contributed by atoms with Crippen molar-refractivity contribution in [3.05, 3.63) is 33.8 Å². The molecule has 1 aromatic carbocycles. The molecule has 0 unspecified atom stereocenters. The summed E-state index contributed by atoms with van der Waals surface area (Å²) in [5.74, 6) is 0. The van der Waals surface area contributed by atoms with Crippen molar-refractivity contribution in [2.24, 2.45) is 10.8 Å². The number of hydrazone groups is 1. The Balaban J connectivity index is 2.73. The van der Waals surface area contributed by atoms with E-state index in [4.69, 9.17) is 5.73 Å². The quantitative estimate of drug-likeness (QED) is 0.614. The van der Waals surface area contributed by atoms with E-state index in [9.17, 15) is 4.79 Å². The van der Waals surface area contributed by atoms with E-state index >= 15 is 0 Å². The number of aryl methyl sites for hydroxylation is 1. The van der Waals surface area contributed by atoms with E-state index in [1.807, 2.05) is 25.1 Å². The summed E-state index contributed by atoms with van der Waals surface area (Å²) in [6.07, 6.45) is 1.52. The van der Waals surface area contributed by atoms with Crippen molar-refractivity contribution < 1.29 is 4.79 Å². The highest BCUT2D eigenvalue weighted by Crippen LogP contribution is 2.16. The normalized spacial score (nSPS) is 10.4. The van der Waals surface area contributed by atoms with E-state index in [0.717, 1.165) is 15.6 Å². The van der Waals surface area contributed by atoms with Gasteiger partial charge >= 0.3 is 6.03 Å². The first-order valence-electron chi connectivity index (χ1n) is 3.94. The lowest BCUT2D eigenvalue weighted by molar-refractivity contribution is 0.249. The van der Waals surface area contributed by atoms with Gasteiger partial charge in [-0.15, -0.1) is 0 Å². The monoisotopic (exact) mass is 255 g/mol. The van der Waals surface area contributed by atoms with E-state index in [1.54, 1.807) is 0 Å². The summed E-state index contributed by atoms with van der Waals surface area (Å²) in [6.45, 7) is 1.99. The first kappa shape index (κ1) is 10.7. The molecule has 1 rings (SSSR count). The summed E-state index contributed by atoms with van der Waals surface area (Å²) in [7, 11) is 0. The van der Waals surface area contributed by atoms with Gasteiger partial charge in [0.25, 0.3) is 0 Å². The maximum Gasteiger partial charge on any atom is 0.332 e. The van der Waals surface area contributed by atoms with E-state index in [0.29, 0.717) is 0 Å². The number of hydrogen-bond donors (Lipinski definition) is 2. The maximum atomic E-state index is 10.3. The smallest absolute Gasteiger partial charge is 0.332 e. The Labute approximate surface area is 90.3 Å². The number of carbonyl (C=O) groups excluding carboxylic acids is 1. The predicted octanol–water partition coefficient (Wildman–Crippen LogP) is 1.76. The summed E-state index contributed by atoms with van der Waals surface area (Å²) in [5.41, 5.74) is 8.99. The van der Waals surface area contributed by atoms with E-state index in [2.05, 4.69) is 26.5 Å². The third-order valence-electron chi connectivity index (χ3n) is 1.58. The molecule has 4 nitrogen and oxygen atoms in total. The number of nitrogens with one attached hydrogen (secondary N) is 1. The Morgan fingerprint density at radius 2 is 2.36 bits per heavy atom. The molecule has 5 heteroatoms. The molecule has 0 aromatic heterocycles. The molecule has 3 N–H and O–H groups in total. The zero-order valence-corrected chi connectivity index (χ0v) is 9.21. The van der Waals surface area contributed by atoms with Crippen LogP contribution in [0, 0.1) is 6.92 Å². The average Bonchev–Trinajstić information content (AvgIpc) is 2.10. The van der Waals surface area contributed by atoms with Gasteiger partial charge in [-0.25, -0.2) is 10.2 Å². The molecule has 1 aromatic rings. The summed E-state index contributed by atoms with van der Waals surface area (Å²) < 4.78 is 1.00. The number of rotatable bonds is 2. The van der Waals surface area contributed by atoms with Crippen molar-refractivity contribution in [2.75, 3.05) is 0 Å². The van der Waals surface area contributed by atoms with Gasteiger partial charge in [-0.2, -0.15) is 5.10 Å². The molecule has 0 aliphatic heterocycles. The highest BCUT2D eigenvalue weighted by Gasteiger charge is 1.94. The van der Waals surface area contributed by atoms with Crippen LogP contribution in [0.15, 0.2) is 27.8 Å². The van der Waals surface area contributed by atoms with Crippen LogP contribution in [-0.4, -0.2) is 12.2 Å². The number of amides is 2. The average molecular weight is 256 g/mol. The fourth-order valence-corrected chi connectivity index (χ4v) is 1.26. The molecule has 0 fully saturated rings. The van der Waals surface area contributed by atoms with Crippen molar-refractivity contribution in [1.82, 2.24) is 5.43 Å². The van der Waals surface area contributed by atoms with Crippen molar-refractivity contribution in [3.8, 4) is 0 Å². The van der Waals surface area contributed by atoms with Crippen LogP contribution in [0.5, 0.6) is 0 Å². The van der Waals surface area contributed by atoms with Crippen molar-refractivity contribution in [1.29, 1.82) is 0 Å². The summed E-state index contributed by atoms with van der Waals surface area (Å²) >= 11 is 3.39. The number of nitrogens with two attached hydrogens (primary N) is 1. The lowest BCUT2D eigenvalue weighted by Crippen LogP contribution is -2.24. The molecule has 74 valence electrons. The number of carbonyl (C=O) groups is 1. The van der Waals surface area contributed by atoms with Crippen LogP contribution in [0.3, 0.4) is 0 Å². The van der Waals surface area contributed by atoms with E-state index in [-0.39, 0.29) is 0 Å². The van der Waals surface area contributed by atoms with Gasteiger partial charge in [-0.1, -0.05) is 28.1 Å².